The van der Waals surface area contributed by atoms with Crippen LogP contribution in [0.2, 0.25) is 0 Å². The number of aromatic amines is 1. The molecule has 3 aromatic heterocycles. The number of nitrogens with zero attached hydrogens (tertiary/aromatic N) is 5. The summed E-state index contributed by atoms with van der Waals surface area (Å²) >= 11 is 0. The number of anilines is 1. The number of H-pyrrole nitrogens is 1. The molecule has 1 aliphatic heterocycles. The van der Waals surface area contributed by atoms with Crippen LogP contribution in [0.1, 0.15) is 17.0 Å². The molecular weight excluding hydrogens is 338 g/mol. The number of aromatic nitrogens is 5. The molecule has 2 N–H and O–H groups in total. The van der Waals surface area contributed by atoms with Crippen molar-refractivity contribution in [2.45, 2.75) is 26.2 Å². The zero-order valence-electron chi connectivity index (χ0n) is 15.0. The highest BCUT2D eigenvalue weighted by atomic mass is 15.3. The normalized spacial score (nSPS) is 14.4. The Bertz CT molecular complexity index is 1050. The molecule has 5 rings (SSSR count). The molecule has 0 fully saturated rings. The molecule has 0 unspecified atom stereocenters. The van der Waals surface area contributed by atoms with Crippen molar-refractivity contribution in [3.05, 3.63) is 71.9 Å². The molecule has 0 saturated carbocycles. The van der Waals surface area contributed by atoms with E-state index in [0.29, 0.717) is 12.5 Å². The Morgan fingerprint density at radius 1 is 1.07 bits per heavy atom. The smallest absolute Gasteiger partial charge is 0.222 e. The predicted molar refractivity (Wildman–Crippen MR) is 104 cm³/mol. The number of rotatable bonds is 5. The van der Waals surface area contributed by atoms with E-state index >= 15 is 0 Å². The van der Waals surface area contributed by atoms with Crippen LogP contribution in [0.15, 0.2) is 55.0 Å². The molecular formula is C20H21N7. The van der Waals surface area contributed by atoms with Crippen LogP contribution in [0.4, 0.5) is 5.95 Å². The van der Waals surface area contributed by atoms with Crippen molar-refractivity contribution in [1.82, 2.24) is 29.6 Å². The molecule has 1 aliphatic rings. The summed E-state index contributed by atoms with van der Waals surface area (Å²) in [6.45, 7) is 4.43. The van der Waals surface area contributed by atoms with E-state index in [1.165, 1.54) is 22.2 Å². The van der Waals surface area contributed by atoms with Gasteiger partial charge < -0.3 is 10.3 Å². The van der Waals surface area contributed by atoms with Gasteiger partial charge in [-0.2, -0.15) is 5.10 Å². The minimum atomic E-state index is 0.630. The number of hydrogen-bond acceptors (Lipinski definition) is 5. The van der Waals surface area contributed by atoms with E-state index < -0.39 is 0 Å². The van der Waals surface area contributed by atoms with Gasteiger partial charge in [-0.15, -0.1) is 0 Å². The van der Waals surface area contributed by atoms with Crippen LogP contribution in [0, 0.1) is 0 Å². The highest BCUT2D eigenvalue weighted by Gasteiger charge is 2.18. The Morgan fingerprint density at radius 3 is 2.93 bits per heavy atom. The molecule has 27 heavy (non-hydrogen) atoms. The summed E-state index contributed by atoms with van der Waals surface area (Å²) in [7, 11) is 0. The number of benzene rings is 1. The first-order valence-electron chi connectivity index (χ1n) is 9.18. The maximum atomic E-state index is 4.71. The lowest BCUT2D eigenvalue weighted by atomic mass is 10.1. The highest BCUT2D eigenvalue weighted by Crippen LogP contribution is 2.19. The largest absolute Gasteiger partial charge is 0.361 e. The van der Waals surface area contributed by atoms with E-state index in [1.54, 1.807) is 12.4 Å². The standard InChI is InChI=1S/C20H21N7/c1-5-22-20(23-6-1)24-12-17-11-18-14-26(8-9-27(18)25-17)13-15-2-3-19-16(10-15)4-7-21-19/h1-7,10-11,21H,8-9,12-14H2,(H,22,23,24). The summed E-state index contributed by atoms with van der Waals surface area (Å²) < 4.78 is 2.12. The van der Waals surface area contributed by atoms with E-state index in [9.17, 15) is 0 Å². The van der Waals surface area contributed by atoms with Crippen LogP contribution in [0.5, 0.6) is 0 Å². The second-order valence-corrected chi connectivity index (χ2v) is 6.89. The van der Waals surface area contributed by atoms with Crippen molar-refractivity contribution in [3.63, 3.8) is 0 Å². The molecule has 0 atom stereocenters. The van der Waals surface area contributed by atoms with Crippen molar-refractivity contribution < 1.29 is 0 Å². The van der Waals surface area contributed by atoms with Crippen LogP contribution in [-0.4, -0.2) is 36.2 Å². The molecule has 7 nitrogen and oxygen atoms in total. The average Bonchev–Trinajstić information content (AvgIpc) is 3.33. The quantitative estimate of drug-likeness (QED) is 0.573. The van der Waals surface area contributed by atoms with Crippen molar-refractivity contribution in [1.29, 1.82) is 0 Å². The van der Waals surface area contributed by atoms with Gasteiger partial charge in [-0.25, -0.2) is 9.97 Å². The van der Waals surface area contributed by atoms with Gasteiger partial charge >= 0.3 is 0 Å². The van der Waals surface area contributed by atoms with Gasteiger partial charge in [-0.1, -0.05) is 6.07 Å². The Hall–Kier alpha value is -3.19. The fourth-order valence-electron chi connectivity index (χ4n) is 3.62. The summed E-state index contributed by atoms with van der Waals surface area (Å²) in [6, 6.07) is 12.8. The first-order chi connectivity index (χ1) is 13.3. The molecule has 136 valence electrons. The van der Waals surface area contributed by atoms with Crippen LogP contribution in [-0.2, 0) is 26.2 Å². The van der Waals surface area contributed by atoms with Gasteiger partial charge in [0.2, 0.25) is 5.95 Å². The van der Waals surface area contributed by atoms with Crippen molar-refractivity contribution in [2.75, 3.05) is 11.9 Å². The zero-order valence-corrected chi connectivity index (χ0v) is 15.0. The fraction of sp³-hybridized carbons (Fsp3) is 0.250. The molecule has 0 radical (unpaired) electrons. The van der Waals surface area contributed by atoms with Crippen LogP contribution in [0.25, 0.3) is 10.9 Å². The molecule has 7 heteroatoms. The molecule has 4 heterocycles. The van der Waals surface area contributed by atoms with Gasteiger partial charge in [0.05, 0.1) is 24.5 Å². The van der Waals surface area contributed by atoms with Gasteiger partial charge in [0.25, 0.3) is 0 Å². The Labute approximate surface area is 157 Å². The molecule has 4 aromatic rings. The van der Waals surface area contributed by atoms with Crippen molar-refractivity contribution in [3.8, 4) is 0 Å². The summed E-state index contributed by atoms with van der Waals surface area (Å²) in [5.74, 6) is 0.630. The molecule has 0 spiro atoms. The molecule has 0 amide bonds. The van der Waals surface area contributed by atoms with Gasteiger partial charge in [-0.05, 0) is 41.3 Å². The van der Waals surface area contributed by atoms with Gasteiger partial charge in [-0.3, -0.25) is 9.58 Å². The monoisotopic (exact) mass is 359 g/mol. The number of nitrogens with one attached hydrogen (secondary N) is 2. The number of fused-ring (bicyclic) bond motifs is 2. The maximum absolute atomic E-state index is 4.71. The maximum Gasteiger partial charge on any atom is 0.222 e. The fourth-order valence-corrected chi connectivity index (χ4v) is 3.62. The minimum absolute atomic E-state index is 0.630. The topological polar surface area (TPSA) is 74.7 Å². The highest BCUT2D eigenvalue weighted by molar-refractivity contribution is 5.79. The predicted octanol–water partition coefficient (Wildman–Crippen LogP) is 2.78. The first kappa shape index (κ1) is 16.0. The Morgan fingerprint density at radius 2 is 2.00 bits per heavy atom. The Kier molecular flexibility index (Phi) is 4.06. The molecule has 0 aliphatic carbocycles. The molecule has 1 aromatic carbocycles. The summed E-state index contributed by atoms with van der Waals surface area (Å²) in [5, 5.41) is 9.20. The third-order valence-corrected chi connectivity index (χ3v) is 4.94. The van der Waals surface area contributed by atoms with Crippen molar-refractivity contribution in [2.24, 2.45) is 0 Å². The van der Waals surface area contributed by atoms with Gasteiger partial charge in [0.15, 0.2) is 0 Å². The van der Waals surface area contributed by atoms with E-state index in [2.05, 4.69) is 60.2 Å². The Balaban J connectivity index is 1.24. The third-order valence-electron chi connectivity index (χ3n) is 4.94. The third kappa shape index (κ3) is 3.41. The average molecular weight is 359 g/mol. The second kappa shape index (κ2) is 6.85. The zero-order chi connectivity index (χ0) is 18.1. The summed E-state index contributed by atoms with van der Waals surface area (Å²) in [5.41, 5.74) is 4.82. The van der Waals surface area contributed by atoms with Crippen LogP contribution < -0.4 is 5.32 Å². The van der Waals surface area contributed by atoms with E-state index in [1.807, 2.05) is 12.3 Å². The molecule has 0 saturated heterocycles. The lowest BCUT2D eigenvalue weighted by molar-refractivity contribution is 0.205. The van der Waals surface area contributed by atoms with Gasteiger partial charge in [0.1, 0.15) is 0 Å². The van der Waals surface area contributed by atoms with Gasteiger partial charge in [0, 0.05) is 43.7 Å². The second-order valence-electron chi connectivity index (χ2n) is 6.89. The lowest BCUT2D eigenvalue weighted by Crippen LogP contribution is -2.33. The molecule has 0 bridgehead atoms. The summed E-state index contributed by atoms with van der Waals surface area (Å²) in [6.07, 6.45) is 5.45. The van der Waals surface area contributed by atoms with E-state index in [-0.39, 0.29) is 0 Å². The van der Waals surface area contributed by atoms with Crippen molar-refractivity contribution >= 4 is 16.9 Å². The van der Waals surface area contributed by atoms with E-state index in [0.717, 1.165) is 31.9 Å². The van der Waals surface area contributed by atoms with Crippen LogP contribution >= 0.6 is 0 Å². The first-order valence-corrected chi connectivity index (χ1v) is 9.18. The lowest BCUT2D eigenvalue weighted by Gasteiger charge is -2.27. The SMILES string of the molecule is c1cnc(NCc2cc3n(n2)CCN(Cc2ccc4[nH]ccc4c2)C3)nc1. The number of hydrogen-bond donors (Lipinski definition) is 2. The van der Waals surface area contributed by atoms with Crippen LogP contribution in [0.3, 0.4) is 0 Å². The van der Waals surface area contributed by atoms with E-state index in [4.69, 9.17) is 5.10 Å². The summed E-state index contributed by atoms with van der Waals surface area (Å²) in [4.78, 5) is 14.1. The minimum Gasteiger partial charge on any atom is -0.361 e.